The predicted octanol–water partition coefficient (Wildman–Crippen LogP) is 7.15. The summed E-state index contributed by atoms with van der Waals surface area (Å²) in [5.41, 5.74) is 2.20. The molecule has 5 rings (SSSR count). The fourth-order valence-corrected chi connectivity index (χ4v) is 5.74. The lowest BCUT2D eigenvalue weighted by atomic mass is 9.79. The number of para-hydroxylation sites is 1. The van der Waals surface area contributed by atoms with E-state index in [4.69, 9.17) is 0 Å². The van der Waals surface area contributed by atoms with Crippen LogP contribution >= 0.6 is 0 Å². The number of hydrogen-bond donors (Lipinski definition) is 1. The lowest BCUT2D eigenvalue weighted by Crippen LogP contribution is -2.54. The number of rotatable bonds is 5. The molecule has 0 aromatic heterocycles. The van der Waals surface area contributed by atoms with Crippen molar-refractivity contribution in [2.45, 2.75) is 50.4 Å². The van der Waals surface area contributed by atoms with Gasteiger partial charge in [-0.15, -0.1) is 0 Å². The number of anilines is 1. The van der Waals surface area contributed by atoms with Crippen LogP contribution < -0.4 is 5.32 Å². The zero-order valence-electron chi connectivity index (χ0n) is 20.6. The normalized spacial score (nSPS) is 16.4. The molecular formula is C30H26F4N2O2. The number of carbonyl (C=O) groups is 2. The maximum atomic E-state index is 14.3. The third kappa shape index (κ3) is 4.71. The average molecular weight is 523 g/mol. The van der Waals surface area contributed by atoms with Crippen molar-refractivity contribution in [3.05, 3.63) is 101 Å². The van der Waals surface area contributed by atoms with Gasteiger partial charge in [-0.1, -0.05) is 55.8 Å². The topological polar surface area (TPSA) is 49.4 Å². The molecule has 1 spiro atoms. The number of nitrogens with zero attached hydrogens (tertiary/aromatic N) is 1. The Morgan fingerprint density at radius 3 is 2.45 bits per heavy atom. The molecule has 3 aromatic carbocycles. The summed E-state index contributed by atoms with van der Waals surface area (Å²) in [6, 6.07) is 15.8. The molecule has 1 fully saturated rings. The second kappa shape index (κ2) is 9.74. The molecule has 38 heavy (non-hydrogen) atoms. The molecule has 0 saturated heterocycles. The number of carbonyl (C=O) groups excluding carboxylic acids is 2. The largest absolute Gasteiger partial charge is 0.419 e. The van der Waals surface area contributed by atoms with Crippen molar-refractivity contribution in [1.29, 1.82) is 0 Å². The van der Waals surface area contributed by atoms with E-state index in [0.29, 0.717) is 23.2 Å². The Morgan fingerprint density at radius 2 is 1.76 bits per heavy atom. The maximum absolute atomic E-state index is 14.3. The van der Waals surface area contributed by atoms with Crippen LogP contribution in [0.1, 0.15) is 52.7 Å². The van der Waals surface area contributed by atoms with Crippen molar-refractivity contribution in [1.82, 2.24) is 4.90 Å². The number of halogens is 4. The van der Waals surface area contributed by atoms with Crippen molar-refractivity contribution in [3.63, 3.8) is 0 Å². The summed E-state index contributed by atoms with van der Waals surface area (Å²) in [7, 11) is 0. The van der Waals surface area contributed by atoms with Gasteiger partial charge in [0.2, 0.25) is 5.91 Å². The summed E-state index contributed by atoms with van der Waals surface area (Å²) < 4.78 is 53.4. The van der Waals surface area contributed by atoms with E-state index < -0.39 is 23.1 Å². The smallest absolute Gasteiger partial charge is 0.328 e. The first-order chi connectivity index (χ1) is 18.1. The molecule has 0 atom stereocenters. The van der Waals surface area contributed by atoms with E-state index in [-0.39, 0.29) is 18.4 Å². The molecule has 4 nitrogen and oxygen atoms in total. The highest BCUT2D eigenvalue weighted by atomic mass is 19.4. The lowest BCUT2D eigenvalue weighted by Gasteiger charge is -2.46. The van der Waals surface area contributed by atoms with Gasteiger partial charge in [-0.25, -0.2) is 4.39 Å². The molecule has 0 radical (unpaired) electrons. The number of amides is 2. The summed E-state index contributed by atoms with van der Waals surface area (Å²) in [6.45, 7) is 3.53. The van der Waals surface area contributed by atoms with Crippen LogP contribution in [0.15, 0.2) is 73.3 Å². The first kappa shape index (κ1) is 25.7. The molecule has 1 aliphatic heterocycles. The SMILES string of the molecule is C=CC(=O)Nc1ccccc1-c1ccc2c(c1)CC1(CCCC1)N(Cc1ccc(C(F)(F)F)c(F)c1)C2=O. The van der Waals surface area contributed by atoms with Gasteiger partial charge in [0.05, 0.1) is 5.56 Å². The second-order valence-corrected chi connectivity index (χ2v) is 9.92. The highest BCUT2D eigenvalue weighted by Crippen LogP contribution is 2.45. The molecule has 2 aliphatic rings. The maximum Gasteiger partial charge on any atom is 0.419 e. The van der Waals surface area contributed by atoms with Crippen LogP contribution in [0.2, 0.25) is 0 Å². The first-order valence-electron chi connectivity index (χ1n) is 12.4. The van der Waals surface area contributed by atoms with Crippen molar-refractivity contribution < 1.29 is 27.2 Å². The van der Waals surface area contributed by atoms with Gasteiger partial charge >= 0.3 is 6.18 Å². The summed E-state index contributed by atoms with van der Waals surface area (Å²) in [5, 5.41) is 2.82. The Hall–Kier alpha value is -3.94. The molecular weight excluding hydrogens is 496 g/mol. The third-order valence-corrected chi connectivity index (χ3v) is 7.57. The highest BCUT2D eigenvalue weighted by Gasteiger charge is 2.46. The Labute approximate surface area is 218 Å². The van der Waals surface area contributed by atoms with E-state index in [2.05, 4.69) is 11.9 Å². The van der Waals surface area contributed by atoms with Gasteiger partial charge in [0, 0.05) is 28.9 Å². The molecule has 3 aromatic rings. The van der Waals surface area contributed by atoms with Crippen LogP contribution in [0.4, 0.5) is 23.2 Å². The molecule has 0 bridgehead atoms. The van der Waals surface area contributed by atoms with E-state index in [1.54, 1.807) is 17.0 Å². The van der Waals surface area contributed by atoms with Crippen LogP contribution in [0, 0.1) is 5.82 Å². The Balaban J connectivity index is 1.50. The molecule has 8 heteroatoms. The van der Waals surface area contributed by atoms with Crippen LogP contribution in [0.25, 0.3) is 11.1 Å². The van der Waals surface area contributed by atoms with E-state index in [0.717, 1.165) is 54.5 Å². The van der Waals surface area contributed by atoms with Crippen LogP contribution in [-0.2, 0) is 23.9 Å². The van der Waals surface area contributed by atoms with Gasteiger partial charge in [-0.05, 0) is 66.3 Å². The van der Waals surface area contributed by atoms with Crippen LogP contribution in [0.3, 0.4) is 0 Å². The van der Waals surface area contributed by atoms with Gasteiger partial charge in [0.15, 0.2) is 0 Å². The molecule has 196 valence electrons. The Morgan fingerprint density at radius 1 is 1.03 bits per heavy atom. The van der Waals surface area contributed by atoms with Gasteiger partial charge in [0.25, 0.3) is 5.91 Å². The lowest BCUT2D eigenvalue weighted by molar-refractivity contribution is -0.140. The van der Waals surface area contributed by atoms with E-state index in [9.17, 15) is 27.2 Å². The molecule has 2 amide bonds. The molecule has 1 N–H and O–H groups in total. The standard InChI is InChI=1S/C30H26F4N2O2/c1-2-27(37)35-26-8-4-3-7-22(26)20-10-11-23-21(16-20)17-29(13-5-6-14-29)36(28(23)38)18-19-9-12-24(25(31)15-19)30(32,33)34/h2-4,7-12,15-16H,1,5-6,13-14,17-18H2,(H,35,37). The Kier molecular flexibility index (Phi) is 6.59. The molecule has 1 aliphatic carbocycles. The van der Waals surface area contributed by atoms with E-state index in [1.165, 1.54) is 12.1 Å². The third-order valence-electron chi connectivity index (χ3n) is 7.57. The predicted molar refractivity (Wildman–Crippen MR) is 137 cm³/mol. The van der Waals surface area contributed by atoms with Gasteiger partial charge in [-0.3, -0.25) is 9.59 Å². The van der Waals surface area contributed by atoms with Crippen LogP contribution in [0.5, 0.6) is 0 Å². The number of hydrogen-bond acceptors (Lipinski definition) is 2. The summed E-state index contributed by atoms with van der Waals surface area (Å²) in [6.07, 6.45) is 0.387. The second-order valence-electron chi connectivity index (χ2n) is 9.92. The molecule has 1 heterocycles. The van der Waals surface area contributed by atoms with Crippen molar-refractivity contribution >= 4 is 17.5 Å². The summed E-state index contributed by atoms with van der Waals surface area (Å²) >= 11 is 0. The van der Waals surface area contributed by atoms with E-state index in [1.807, 2.05) is 30.3 Å². The average Bonchev–Trinajstić information content (AvgIpc) is 3.34. The quantitative estimate of drug-likeness (QED) is 0.286. The highest BCUT2D eigenvalue weighted by molar-refractivity contribution is 6.02. The number of benzene rings is 3. The van der Waals surface area contributed by atoms with Gasteiger partial charge < -0.3 is 10.2 Å². The minimum atomic E-state index is -4.78. The monoisotopic (exact) mass is 522 g/mol. The minimum absolute atomic E-state index is 0.0332. The number of alkyl halides is 3. The fraction of sp³-hybridized carbons (Fsp3) is 0.267. The fourth-order valence-electron chi connectivity index (χ4n) is 5.74. The molecule has 0 unspecified atom stereocenters. The minimum Gasteiger partial charge on any atom is -0.328 e. The Bertz CT molecular complexity index is 1420. The van der Waals surface area contributed by atoms with E-state index >= 15 is 0 Å². The van der Waals surface area contributed by atoms with Crippen molar-refractivity contribution in [3.8, 4) is 11.1 Å². The summed E-state index contributed by atoms with van der Waals surface area (Å²) in [5.74, 6) is -1.88. The zero-order chi connectivity index (χ0) is 27.1. The van der Waals surface area contributed by atoms with Crippen LogP contribution in [-0.4, -0.2) is 22.3 Å². The molecule has 1 saturated carbocycles. The first-order valence-corrected chi connectivity index (χ1v) is 12.4. The number of fused-ring (bicyclic) bond motifs is 1. The zero-order valence-corrected chi connectivity index (χ0v) is 20.6. The van der Waals surface area contributed by atoms with Gasteiger partial charge in [0.1, 0.15) is 5.82 Å². The number of nitrogens with one attached hydrogen (secondary N) is 1. The summed E-state index contributed by atoms with van der Waals surface area (Å²) in [4.78, 5) is 27.4. The van der Waals surface area contributed by atoms with Gasteiger partial charge in [-0.2, -0.15) is 13.2 Å². The van der Waals surface area contributed by atoms with Crippen molar-refractivity contribution in [2.75, 3.05) is 5.32 Å². The van der Waals surface area contributed by atoms with Crippen molar-refractivity contribution in [2.24, 2.45) is 0 Å².